The highest BCUT2D eigenvalue weighted by atomic mass is 16.6. The van der Waals surface area contributed by atoms with Gasteiger partial charge in [-0.15, -0.1) is 0 Å². The second-order valence-corrected chi connectivity index (χ2v) is 7.66. The summed E-state index contributed by atoms with van der Waals surface area (Å²) in [6.45, 7) is 9.93. The second kappa shape index (κ2) is 8.99. The third-order valence-electron chi connectivity index (χ3n) is 3.99. The summed E-state index contributed by atoms with van der Waals surface area (Å²) in [5, 5.41) is 0. The number of amides is 1. The number of carbonyl (C=O) groups is 2. The van der Waals surface area contributed by atoms with Crippen molar-refractivity contribution < 1.29 is 19.1 Å². The van der Waals surface area contributed by atoms with Gasteiger partial charge in [-0.1, -0.05) is 30.3 Å². The van der Waals surface area contributed by atoms with Crippen LogP contribution in [-0.4, -0.2) is 41.6 Å². The molecule has 0 radical (unpaired) electrons. The summed E-state index contributed by atoms with van der Waals surface area (Å²) in [5.74, 6) is -0.0100. The van der Waals surface area contributed by atoms with Crippen molar-refractivity contribution in [1.29, 1.82) is 0 Å². The van der Waals surface area contributed by atoms with E-state index in [2.05, 4.69) is 0 Å². The summed E-state index contributed by atoms with van der Waals surface area (Å²) in [4.78, 5) is 26.0. The molecule has 5 nitrogen and oxygen atoms in total. The molecule has 25 heavy (non-hydrogen) atoms. The maximum absolute atomic E-state index is 12.5. The summed E-state index contributed by atoms with van der Waals surface area (Å²) in [5.41, 5.74) is -0.392. The van der Waals surface area contributed by atoms with Crippen molar-refractivity contribution in [2.45, 2.75) is 65.2 Å². The fourth-order valence-corrected chi connectivity index (χ4v) is 2.15. The lowest BCUT2D eigenvalue weighted by atomic mass is 9.94. The number of ether oxygens (including phenoxy) is 2. The molecule has 0 spiro atoms. The first-order valence-electron chi connectivity index (χ1n) is 8.66. The Kier molecular flexibility index (Phi) is 7.61. The summed E-state index contributed by atoms with van der Waals surface area (Å²) in [6, 6.07) is 9.91. The Morgan fingerprint density at radius 3 is 2.20 bits per heavy atom. The van der Waals surface area contributed by atoms with Crippen LogP contribution in [0.4, 0.5) is 4.79 Å². The van der Waals surface area contributed by atoms with Crippen molar-refractivity contribution >= 4 is 11.9 Å². The van der Waals surface area contributed by atoms with Gasteiger partial charge in [-0.3, -0.25) is 9.69 Å². The Morgan fingerprint density at radius 1 is 1.04 bits per heavy atom. The van der Waals surface area contributed by atoms with E-state index in [1.54, 1.807) is 41.7 Å². The third-order valence-corrected chi connectivity index (χ3v) is 3.99. The van der Waals surface area contributed by atoms with Crippen molar-refractivity contribution in [3.05, 3.63) is 35.9 Å². The summed E-state index contributed by atoms with van der Waals surface area (Å²) in [7, 11) is 1.60. The van der Waals surface area contributed by atoms with Gasteiger partial charge in [-0.2, -0.15) is 0 Å². The third kappa shape index (κ3) is 7.26. The van der Waals surface area contributed by atoms with E-state index >= 15 is 0 Å². The Bertz CT molecular complexity index is 561. The molecule has 0 atom stereocenters. The number of benzene rings is 1. The predicted molar refractivity (Wildman–Crippen MR) is 98.4 cm³/mol. The lowest BCUT2D eigenvalue weighted by molar-refractivity contribution is -0.129. The average molecular weight is 349 g/mol. The first kappa shape index (κ1) is 21.2. The Labute approximate surface area is 151 Å². The van der Waals surface area contributed by atoms with Crippen LogP contribution in [0.5, 0.6) is 0 Å². The van der Waals surface area contributed by atoms with E-state index in [-0.39, 0.29) is 5.78 Å². The number of ketones is 1. The summed E-state index contributed by atoms with van der Waals surface area (Å²) < 4.78 is 10.9. The van der Waals surface area contributed by atoms with Gasteiger partial charge >= 0.3 is 6.09 Å². The Morgan fingerprint density at radius 2 is 1.64 bits per heavy atom. The lowest BCUT2D eigenvalue weighted by Gasteiger charge is -2.35. The van der Waals surface area contributed by atoms with E-state index in [0.29, 0.717) is 26.1 Å². The van der Waals surface area contributed by atoms with E-state index in [1.807, 2.05) is 30.3 Å². The van der Waals surface area contributed by atoms with E-state index in [9.17, 15) is 9.59 Å². The number of rotatable bonds is 8. The molecule has 0 bridgehead atoms. The molecule has 0 saturated heterocycles. The van der Waals surface area contributed by atoms with Crippen molar-refractivity contribution in [1.82, 2.24) is 4.90 Å². The molecule has 1 aromatic rings. The highest BCUT2D eigenvalue weighted by Gasteiger charge is 2.36. The molecular weight excluding hydrogens is 318 g/mol. The van der Waals surface area contributed by atoms with Gasteiger partial charge in [0.1, 0.15) is 5.60 Å². The molecule has 0 aromatic heterocycles. The quantitative estimate of drug-likeness (QED) is 0.660. The van der Waals surface area contributed by atoms with Gasteiger partial charge in [0.25, 0.3) is 0 Å². The predicted octanol–water partition coefficient (Wildman–Crippen LogP) is 4.20. The molecule has 140 valence electrons. The molecule has 1 amide bonds. The molecule has 0 aliphatic heterocycles. The molecule has 5 heteroatoms. The van der Waals surface area contributed by atoms with Crippen molar-refractivity contribution in [3.8, 4) is 0 Å². The van der Waals surface area contributed by atoms with E-state index in [4.69, 9.17) is 9.47 Å². The standard InChI is InChI=1S/C20H31NO4/c1-19(2,3)25-18(23)21(6)20(4,5)17(22)13-10-14-24-15-16-11-8-7-9-12-16/h7-9,11-12H,10,13-15H2,1-6H3. The Balaban J connectivity index is 2.40. The van der Waals surface area contributed by atoms with Crippen LogP contribution in [0, 0.1) is 0 Å². The number of nitrogens with zero attached hydrogens (tertiary/aromatic N) is 1. The zero-order chi connectivity index (χ0) is 19.1. The smallest absolute Gasteiger partial charge is 0.410 e. The molecule has 0 heterocycles. The zero-order valence-corrected chi connectivity index (χ0v) is 16.3. The van der Waals surface area contributed by atoms with Crippen LogP contribution in [0.1, 0.15) is 53.0 Å². The second-order valence-electron chi connectivity index (χ2n) is 7.66. The molecule has 0 aliphatic rings. The zero-order valence-electron chi connectivity index (χ0n) is 16.3. The van der Waals surface area contributed by atoms with Gasteiger partial charge in [0.2, 0.25) is 0 Å². The van der Waals surface area contributed by atoms with Crippen LogP contribution in [-0.2, 0) is 20.9 Å². The van der Waals surface area contributed by atoms with Crippen LogP contribution >= 0.6 is 0 Å². The lowest BCUT2D eigenvalue weighted by Crippen LogP contribution is -2.52. The molecule has 0 saturated carbocycles. The number of hydrogen-bond acceptors (Lipinski definition) is 4. The number of likely N-dealkylation sites (N-methyl/N-ethyl adjacent to an activating group) is 1. The Hall–Kier alpha value is -1.88. The fraction of sp³-hybridized carbons (Fsp3) is 0.600. The summed E-state index contributed by atoms with van der Waals surface area (Å²) >= 11 is 0. The minimum atomic E-state index is -0.915. The van der Waals surface area contributed by atoms with E-state index in [1.165, 1.54) is 4.90 Å². The monoisotopic (exact) mass is 349 g/mol. The first-order valence-corrected chi connectivity index (χ1v) is 8.66. The average Bonchev–Trinajstić information content (AvgIpc) is 2.52. The minimum Gasteiger partial charge on any atom is -0.444 e. The van der Waals surface area contributed by atoms with Gasteiger partial charge in [-0.25, -0.2) is 4.79 Å². The van der Waals surface area contributed by atoms with Gasteiger partial charge in [0, 0.05) is 20.1 Å². The van der Waals surface area contributed by atoms with E-state index in [0.717, 1.165) is 5.56 Å². The van der Waals surface area contributed by atoms with Crippen LogP contribution < -0.4 is 0 Å². The molecular formula is C20H31NO4. The molecule has 0 fully saturated rings. The SMILES string of the molecule is CN(C(=O)OC(C)(C)C)C(C)(C)C(=O)CCCOCc1ccccc1. The van der Waals surface area contributed by atoms with Gasteiger partial charge < -0.3 is 9.47 Å². The van der Waals surface area contributed by atoms with Crippen LogP contribution in [0.2, 0.25) is 0 Å². The number of hydrogen-bond donors (Lipinski definition) is 0. The normalized spacial score (nSPS) is 11.9. The van der Waals surface area contributed by atoms with Crippen LogP contribution in [0.15, 0.2) is 30.3 Å². The van der Waals surface area contributed by atoms with E-state index < -0.39 is 17.2 Å². The number of Topliss-reactive ketones (excluding diaryl/α,β-unsaturated/α-hetero) is 1. The van der Waals surface area contributed by atoms with Crippen molar-refractivity contribution in [2.24, 2.45) is 0 Å². The van der Waals surface area contributed by atoms with Gasteiger partial charge in [-0.05, 0) is 46.6 Å². The highest BCUT2D eigenvalue weighted by molar-refractivity contribution is 5.90. The molecule has 1 rings (SSSR count). The topological polar surface area (TPSA) is 55.8 Å². The largest absolute Gasteiger partial charge is 0.444 e. The number of carbonyl (C=O) groups excluding carboxylic acids is 2. The van der Waals surface area contributed by atoms with Crippen LogP contribution in [0.25, 0.3) is 0 Å². The van der Waals surface area contributed by atoms with Gasteiger partial charge in [0.05, 0.1) is 12.1 Å². The van der Waals surface area contributed by atoms with Crippen LogP contribution in [0.3, 0.4) is 0 Å². The molecule has 0 unspecified atom stereocenters. The molecule has 0 N–H and O–H groups in total. The molecule has 1 aromatic carbocycles. The summed E-state index contributed by atoms with van der Waals surface area (Å²) in [6.07, 6.45) is 0.484. The maximum Gasteiger partial charge on any atom is 0.410 e. The maximum atomic E-state index is 12.5. The van der Waals surface area contributed by atoms with Crippen molar-refractivity contribution in [3.63, 3.8) is 0 Å². The van der Waals surface area contributed by atoms with Crippen molar-refractivity contribution in [2.75, 3.05) is 13.7 Å². The molecule has 0 aliphatic carbocycles. The van der Waals surface area contributed by atoms with Gasteiger partial charge in [0.15, 0.2) is 5.78 Å². The highest BCUT2D eigenvalue weighted by Crippen LogP contribution is 2.20. The minimum absolute atomic E-state index is 0.0100. The fourth-order valence-electron chi connectivity index (χ4n) is 2.15. The first-order chi connectivity index (χ1) is 11.5.